The van der Waals surface area contributed by atoms with Crippen molar-refractivity contribution in [2.24, 2.45) is 7.05 Å². The van der Waals surface area contributed by atoms with E-state index in [9.17, 15) is 0 Å². The molecule has 0 aliphatic rings. The number of nitriles is 3. The predicted molar refractivity (Wildman–Crippen MR) is 59.2 cm³/mol. The second kappa shape index (κ2) is 4.04. The first kappa shape index (κ1) is 11.4. The highest BCUT2D eigenvalue weighted by atomic mass is 15.3. The zero-order chi connectivity index (χ0) is 13.3. The minimum atomic E-state index is 0.0280. The van der Waals surface area contributed by atoms with E-state index >= 15 is 0 Å². The van der Waals surface area contributed by atoms with Crippen molar-refractivity contribution >= 4 is 0 Å². The molecule has 0 aliphatic heterocycles. The maximum atomic E-state index is 9.12. The van der Waals surface area contributed by atoms with Crippen molar-refractivity contribution in [1.29, 1.82) is 15.8 Å². The lowest BCUT2D eigenvalue weighted by Gasteiger charge is -2.04. The summed E-state index contributed by atoms with van der Waals surface area (Å²) in [4.78, 5) is 3.84. The monoisotopic (exact) mass is 237 g/mol. The van der Waals surface area contributed by atoms with Crippen LogP contribution < -0.4 is 0 Å². The van der Waals surface area contributed by atoms with Gasteiger partial charge < -0.3 is 0 Å². The highest BCUT2D eigenvalue weighted by Gasteiger charge is 2.19. The summed E-state index contributed by atoms with van der Waals surface area (Å²) < 4.78 is 2.88. The quantitative estimate of drug-likeness (QED) is 0.718. The Morgan fingerprint density at radius 3 is 2.44 bits per heavy atom. The van der Waals surface area contributed by atoms with Crippen LogP contribution in [0.5, 0.6) is 0 Å². The molecule has 2 rings (SSSR count). The van der Waals surface area contributed by atoms with Gasteiger partial charge in [0.05, 0.1) is 5.69 Å². The number of aryl methyl sites for hydroxylation is 2. The minimum absolute atomic E-state index is 0.0280. The summed E-state index contributed by atoms with van der Waals surface area (Å²) in [5.41, 5.74) is 1.04. The van der Waals surface area contributed by atoms with Crippen LogP contribution in [-0.4, -0.2) is 19.3 Å². The molecule has 0 aromatic carbocycles. The molecule has 86 valence electrons. The van der Waals surface area contributed by atoms with E-state index in [4.69, 9.17) is 15.8 Å². The van der Waals surface area contributed by atoms with E-state index in [1.807, 2.05) is 18.2 Å². The van der Waals surface area contributed by atoms with Gasteiger partial charge in [0.1, 0.15) is 30.1 Å². The molecule has 0 fully saturated rings. The van der Waals surface area contributed by atoms with Gasteiger partial charge in [-0.05, 0) is 6.92 Å². The summed E-state index contributed by atoms with van der Waals surface area (Å²) in [5.74, 6) is 0.431. The first-order valence-corrected chi connectivity index (χ1v) is 4.95. The fourth-order valence-corrected chi connectivity index (χ4v) is 1.75. The Morgan fingerprint density at radius 1 is 1.17 bits per heavy atom. The van der Waals surface area contributed by atoms with Crippen LogP contribution in [-0.2, 0) is 7.05 Å². The maximum Gasteiger partial charge on any atom is 0.177 e. The van der Waals surface area contributed by atoms with E-state index in [0.29, 0.717) is 17.1 Å². The van der Waals surface area contributed by atoms with Gasteiger partial charge in [0.2, 0.25) is 0 Å². The average molecular weight is 237 g/mol. The summed E-state index contributed by atoms with van der Waals surface area (Å²) >= 11 is 0. The molecule has 7 nitrogen and oxygen atoms in total. The maximum absolute atomic E-state index is 9.12. The fraction of sp³-hybridized carbons (Fsp3) is 0.182. The lowest BCUT2D eigenvalue weighted by Crippen LogP contribution is -2.05. The first-order valence-electron chi connectivity index (χ1n) is 4.95. The van der Waals surface area contributed by atoms with E-state index in [1.165, 1.54) is 15.6 Å². The molecule has 0 spiro atoms. The first-order chi connectivity index (χ1) is 8.63. The summed E-state index contributed by atoms with van der Waals surface area (Å²) in [6, 6.07) is 5.78. The fourth-order valence-electron chi connectivity index (χ4n) is 1.75. The van der Waals surface area contributed by atoms with E-state index in [1.54, 1.807) is 14.0 Å². The third-order valence-electron chi connectivity index (χ3n) is 2.51. The zero-order valence-electron chi connectivity index (χ0n) is 9.71. The Hall–Kier alpha value is -3.11. The standard InChI is InChI=1S/C11H7N7/c1-7-8(3-12)11(17(2)16-7)18-6-15-9(4-13)10(18)5-14/h6H,1-2H3. The molecule has 2 aromatic heterocycles. The van der Waals surface area contributed by atoms with Gasteiger partial charge in [-0.1, -0.05) is 0 Å². The van der Waals surface area contributed by atoms with Crippen molar-refractivity contribution in [3.05, 3.63) is 29.0 Å². The summed E-state index contributed by atoms with van der Waals surface area (Å²) in [5, 5.41) is 31.2. The number of aromatic nitrogens is 4. The van der Waals surface area contributed by atoms with Crippen molar-refractivity contribution in [1.82, 2.24) is 19.3 Å². The molecule has 0 N–H and O–H groups in total. The van der Waals surface area contributed by atoms with E-state index in [2.05, 4.69) is 10.1 Å². The molecule has 0 amide bonds. The Kier molecular flexibility index (Phi) is 2.56. The lowest BCUT2D eigenvalue weighted by molar-refractivity contribution is 0.719. The van der Waals surface area contributed by atoms with E-state index < -0.39 is 0 Å². The van der Waals surface area contributed by atoms with Crippen molar-refractivity contribution < 1.29 is 0 Å². The van der Waals surface area contributed by atoms with E-state index in [0.717, 1.165) is 0 Å². The summed E-state index contributed by atoms with van der Waals surface area (Å²) in [7, 11) is 1.66. The number of nitrogens with zero attached hydrogens (tertiary/aromatic N) is 7. The van der Waals surface area contributed by atoms with Crippen LogP contribution in [0.15, 0.2) is 6.33 Å². The molecule has 0 bridgehead atoms. The number of hydrogen-bond donors (Lipinski definition) is 0. The molecule has 0 unspecified atom stereocenters. The summed E-state index contributed by atoms with van der Waals surface area (Å²) in [6.45, 7) is 1.70. The lowest BCUT2D eigenvalue weighted by atomic mass is 10.2. The number of rotatable bonds is 1. The van der Waals surface area contributed by atoms with Crippen LogP contribution >= 0.6 is 0 Å². The van der Waals surface area contributed by atoms with Gasteiger partial charge in [-0.2, -0.15) is 20.9 Å². The van der Waals surface area contributed by atoms with Gasteiger partial charge in [0, 0.05) is 7.05 Å². The zero-order valence-corrected chi connectivity index (χ0v) is 9.71. The van der Waals surface area contributed by atoms with Crippen molar-refractivity contribution in [2.75, 3.05) is 0 Å². The van der Waals surface area contributed by atoms with Gasteiger partial charge in [-0.15, -0.1) is 0 Å². The van der Waals surface area contributed by atoms with Gasteiger partial charge in [-0.25, -0.2) is 4.98 Å². The van der Waals surface area contributed by atoms with Crippen LogP contribution in [0.3, 0.4) is 0 Å². The molecule has 18 heavy (non-hydrogen) atoms. The molecule has 7 heteroatoms. The molecule has 0 saturated carbocycles. The summed E-state index contributed by atoms with van der Waals surface area (Å²) in [6.07, 6.45) is 1.34. The Labute approximate surface area is 103 Å². The van der Waals surface area contributed by atoms with Crippen molar-refractivity contribution in [2.45, 2.75) is 6.92 Å². The minimum Gasteiger partial charge on any atom is -0.272 e. The topological polar surface area (TPSA) is 107 Å². The molecular formula is C11H7N7. The van der Waals surface area contributed by atoms with Gasteiger partial charge in [0.25, 0.3) is 0 Å². The van der Waals surface area contributed by atoms with Crippen molar-refractivity contribution in [3.63, 3.8) is 0 Å². The Balaban J connectivity index is 2.80. The Bertz CT molecular complexity index is 742. The van der Waals surface area contributed by atoms with Crippen LogP contribution in [0.2, 0.25) is 0 Å². The predicted octanol–water partition coefficient (Wildman–Crippen LogP) is 0.529. The third-order valence-corrected chi connectivity index (χ3v) is 2.51. The number of imidazole rings is 1. The van der Waals surface area contributed by atoms with Crippen LogP contribution in [0.1, 0.15) is 22.6 Å². The molecule has 0 aliphatic carbocycles. The molecule has 0 saturated heterocycles. The molecule has 2 heterocycles. The van der Waals surface area contributed by atoms with Gasteiger partial charge in [0.15, 0.2) is 17.2 Å². The Morgan fingerprint density at radius 2 is 1.89 bits per heavy atom. The molecule has 0 radical (unpaired) electrons. The van der Waals surface area contributed by atoms with Crippen LogP contribution in [0, 0.1) is 40.9 Å². The SMILES string of the molecule is Cc1nn(C)c(-n2cnc(C#N)c2C#N)c1C#N. The highest BCUT2D eigenvalue weighted by Crippen LogP contribution is 2.19. The second-order valence-electron chi connectivity index (χ2n) is 3.55. The highest BCUT2D eigenvalue weighted by molar-refractivity contribution is 5.51. The second-order valence-corrected chi connectivity index (χ2v) is 3.55. The van der Waals surface area contributed by atoms with Crippen molar-refractivity contribution in [3.8, 4) is 24.0 Å². The van der Waals surface area contributed by atoms with Gasteiger partial charge in [-0.3, -0.25) is 9.25 Å². The molecule has 0 atom stereocenters. The van der Waals surface area contributed by atoms with E-state index in [-0.39, 0.29) is 11.4 Å². The molecule has 2 aromatic rings. The average Bonchev–Trinajstić information content (AvgIpc) is 2.88. The largest absolute Gasteiger partial charge is 0.272 e. The van der Waals surface area contributed by atoms with Gasteiger partial charge >= 0.3 is 0 Å². The number of hydrogen-bond acceptors (Lipinski definition) is 5. The van der Waals surface area contributed by atoms with Crippen LogP contribution in [0.4, 0.5) is 0 Å². The molecular weight excluding hydrogens is 230 g/mol. The smallest absolute Gasteiger partial charge is 0.177 e. The van der Waals surface area contributed by atoms with Crippen LogP contribution in [0.25, 0.3) is 5.82 Å². The normalized spacial score (nSPS) is 9.50. The third kappa shape index (κ3) is 1.41.